The van der Waals surface area contributed by atoms with Gasteiger partial charge >= 0.3 is 0 Å². The first kappa shape index (κ1) is 21.3. The molecule has 1 fully saturated rings. The van der Waals surface area contributed by atoms with Gasteiger partial charge < -0.3 is 14.5 Å². The smallest absolute Gasteiger partial charge is 0.266 e. The molecule has 5 nitrogen and oxygen atoms in total. The van der Waals surface area contributed by atoms with E-state index in [0.29, 0.717) is 22.2 Å². The number of para-hydroxylation sites is 1. The molecule has 0 atom stereocenters. The summed E-state index contributed by atoms with van der Waals surface area (Å²) in [6, 6.07) is 12.2. The Morgan fingerprint density at radius 1 is 1.17 bits per heavy atom. The van der Waals surface area contributed by atoms with Crippen molar-refractivity contribution in [2.45, 2.75) is 39.5 Å². The van der Waals surface area contributed by atoms with Gasteiger partial charge in [-0.1, -0.05) is 48.6 Å². The Hall–Kier alpha value is -2.38. The van der Waals surface area contributed by atoms with E-state index in [0.717, 1.165) is 35.5 Å². The lowest BCUT2D eigenvalue weighted by atomic mass is 10.2. The van der Waals surface area contributed by atoms with E-state index in [1.54, 1.807) is 4.90 Å². The maximum atomic E-state index is 12.8. The molecule has 1 aromatic heterocycles. The van der Waals surface area contributed by atoms with Crippen LogP contribution in [-0.2, 0) is 9.59 Å². The third kappa shape index (κ3) is 4.97. The number of thiocarbonyl (C=S) groups is 1. The van der Waals surface area contributed by atoms with Crippen molar-refractivity contribution in [3.63, 3.8) is 0 Å². The molecule has 7 heteroatoms. The van der Waals surface area contributed by atoms with Crippen molar-refractivity contribution in [2.24, 2.45) is 0 Å². The third-order valence-corrected chi connectivity index (χ3v) is 6.29. The quantitative estimate of drug-likeness (QED) is 0.366. The van der Waals surface area contributed by atoms with Crippen LogP contribution in [0.5, 0.6) is 0 Å². The van der Waals surface area contributed by atoms with Crippen molar-refractivity contribution in [1.82, 2.24) is 9.47 Å². The molecule has 0 radical (unpaired) electrons. The average Bonchev–Trinajstić information content (AvgIpc) is 3.11. The molecule has 3 rings (SSSR count). The van der Waals surface area contributed by atoms with E-state index in [4.69, 9.17) is 12.2 Å². The second-order valence-electron chi connectivity index (χ2n) is 7.01. The summed E-state index contributed by atoms with van der Waals surface area (Å²) in [6.45, 7) is 4.61. The normalized spacial score (nSPS) is 15.5. The second-order valence-corrected chi connectivity index (χ2v) is 8.69. The number of carboxylic acid groups (broad SMARTS) is 1. The lowest BCUT2D eigenvalue weighted by Crippen LogP contribution is -2.29. The van der Waals surface area contributed by atoms with Gasteiger partial charge in [0.15, 0.2) is 0 Å². The number of hydrogen-bond donors (Lipinski definition) is 0. The molecule has 2 heterocycles. The fourth-order valence-corrected chi connectivity index (χ4v) is 4.76. The highest BCUT2D eigenvalue weighted by Gasteiger charge is 2.31. The van der Waals surface area contributed by atoms with Crippen molar-refractivity contribution in [3.05, 3.63) is 58.3 Å². The van der Waals surface area contributed by atoms with Gasteiger partial charge in [-0.3, -0.25) is 9.69 Å². The minimum absolute atomic E-state index is 0.0509. The number of aryl methyl sites for hydroxylation is 1. The number of aromatic nitrogens is 1. The van der Waals surface area contributed by atoms with E-state index < -0.39 is 5.97 Å². The zero-order valence-corrected chi connectivity index (χ0v) is 18.1. The van der Waals surface area contributed by atoms with Crippen LogP contribution in [-0.4, -0.2) is 32.2 Å². The first-order valence-corrected chi connectivity index (χ1v) is 10.8. The van der Waals surface area contributed by atoms with Crippen LogP contribution in [0.1, 0.15) is 42.6 Å². The summed E-state index contributed by atoms with van der Waals surface area (Å²) in [5.41, 5.74) is 4.26. The van der Waals surface area contributed by atoms with Gasteiger partial charge in [-0.15, -0.1) is 0 Å². The Bertz CT molecular complexity index is 964. The number of amides is 1. The fraction of sp³-hybridized carbons (Fsp3) is 0.318. The molecule has 1 amide bonds. The number of carbonyl (C=O) groups is 2. The highest BCUT2D eigenvalue weighted by molar-refractivity contribution is 8.26. The van der Waals surface area contributed by atoms with Gasteiger partial charge in [0.1, 0.15) is 4.32 Å². The van der Waals surface area contributed by atoms with Crippen LogP contribution in [0.25, 0.3) is 11.8 Å². The summed E-state index contributed by atoms with van der Waals surface area (Å²) in [5.74, 6) is -1.11. The highest BCUT2D eigenvalue weighted by atomic mass is 32.2. The predicted octanol–water partition coefficient (Wildman–Crippen LogP) is 3.61. The fourth-order valence-electron chi connectivity index (χ4n) is 3.46. The minimum atomic E-state index is -1.04. The van der Waals surface area contributed by atoms with Crippen LogP contribution in [0, 0.1) is 13.8 Å². The zero-order chi connectivity index (χ0) is 21.0. The summed E-state index contributed by atoms with van der Waals surface area (Å²) in [7, 11) is 0. The summed E-state index contributed by atoms with van der Waals surface area (Å²) in [6.07, 6.45) is 3.96. The van der Waals surface area contributed by atoms with E-state index in [1.165, 1.54) is 11.8 Å². The molecule has 0 spiro atoms. The topological polar surface area (TPSA) is 65.4 Å². The number of rotatable bonds is 8. The molecule has 0 saturated carbocycles. The molecule has 1 aliphatic heterocycles. The zero-order valence-electron chi connectivity index (χ0n) is 16.5. The van der Waals surface area contributed by atoms with Crippen LogP contribution in [0.4, 0.5) is 0 Å². The number of thioether (sulfide) groups is 1. The largest absolute Gasteiger partial charge is 0.550 e. The van der Waals surface area contributed by atoms with Crippen LogP contribution in [0.3, 0.4) is 0 Å². The second kappa shape index (κ2) is 9.41. The maximum absolute atomic E-state index is 12.8. The standard InChI is InChI=1S/C22H24N2O3S2/c1-15-13-17(16(2)24(15)18-9-5-3-6-10-18)14-19-21(27)23(22(28)29-19)12-8-4-7-11-20(25)26/h3,5-6,9-10,13-14H,4,7-8,11-12H2,1-2H3,(H,25,26)/p-1/b19-14-. The average molecular weight is 428 g/mol. The number of unbranched alkanes of at least 4 members (excludes halogenated alkanes) is 2. The molecule has 1 aromatic carbocycles. The maximum Gasteiger partial charge on any atom is 0.266 e. The molecule has 0 bridgehead atoms. The van der Waals surface area contributed by atoms with Crippen LogP contribution >= 0.6 is 24.0 Å². The lowest BCUT2D eigenvalue weighted by Gasteiger charge is -2.14. The van der Waals surface area contributed by atoms with Gasteiger partial charge in [0, 0.05) is 29.6 Å². The molecule has 0 unspecified atom stereocenters. The monoisotopic (exact) mass is 427 g/mol. The molecule has 0 aliphatic carbocycles. The molecule has 152 valence electrons. The van der Waals surface area contributed by atoms with E-state index >= 15 is 0 Å². The van der Waals surface area contributed by atoms with E-state index in [2.05, 4.69) is 29.7 Å². The number of carbonyl (C=O) groups excluding carboxylic acids is 2. The number of hydrogen-bond acceptors (Lipinski definition) is 5. The summed E-state index contributed by atoms with van der Waals surface area (Å²) in [5, 5.41) is 10.5. The molecule has 0 N–H and O–H groups in total. The summed E-state index contributed by atoms with van der Waals surface area (Å²) >= 11 is 6.71. The molecular formula is C22H23N2O3S2-. The Morgan fingerprint density at radius 2 is 1.90 bits per heavy atom. The van der Waals surface area contributed by atoms with E-state index in [-0.39, 0.29) is 12.3 Å². The SMILES string of the molecule is Cc1cc(/C=C2\SC(=S)N(CCCCCC(=O)[O-])C2=O)c(C)n1-c1ccccc1. The highest BCUT2D eigenvalue weighted by Crippen LogP contribution is 2.34. The molecular weight excluding hydrogens is 404 g/mol. The lowest BCUT2D eigenvalue weighted by molar-refractivity contribution is -0.305. The first-order valence-electron chi connectivity index (χ1n) is 9.58. The van der Waals surface area contributed by atoms with E-state index in [9.17, 15) is 14.7 Å². The van der Waals surface area contributed by atoms with Crippen LogP contribution < -0.4 is 5.11 Å². The van der Waals surface area contributed by atoms with Crippen molar-refractivity contribution in [1.29, 1.82) is 0 Å². The van der Waals surface area contributed by atoms with Crippen LogP contribution in [0.15, 0.2) is 41.3 Å². The minimum Gasteiger partial charge on any atom is -0.550 e. The Balaban J connectivity index is 1.72. The van der Waals surface area contributed by atoms with Gasteiger partial charge in [-0.2, -0.15) is 0 Å². The summed E-state index contributed by atoms with van der Waals surface area (Å²) < 4.78 is 2.72. The number of carboxylic acids is 1. The van der Waals surface area contributed by atoms with Crippen molar-refractivity contribution in [2.75, 3.05) is 6.54 Å². The van der Waals surface area contributed by atoms with Crippen molar-refractivity contribution < 1.29 is 14.7 Å². The Kier molecular flexibility index (Phi) is 6.92. The van der Waals surface area contributed by atoms with Gasteiger partial charge in [-0.25, -0.2) is 0 Å². The number of benzene rings is 1. The molecule has 29 heavy (non-hydrogen) atoms. The third-order valence-electron chi connectivity index (χ3n) is 4.91. The summed E-state index contributed by atoms with van der Waals surface area (Å²) in [4.78, 5) is 25.5. The van der Waals surface area contributed by atoms with Crippen molar-refractivity contribution >= 4 is 46.3 Å². The number of nitrogens with zero attached hydrogens (tertiary/aromatic N) is 2. The molecule has 2 aromatic rings. The van der Waals surface area contributed by atoms with Gasteiger partial charge in [0.2, 0.25) is 0 Å². The first-order chi connectivity index (χ1) is 13.9. The Labute approximate surface area is 180 Å². The molecule has 1 aliphatic rings. The van der Waals surface area contributed by atoms with Crippen LogP contribution in [0.2, 0.25) is 0 Å². The van der Waals surface area contributed by atoms with Crippen molar-refractivity contribution in [3.8, 4) is 5.69 Å². The predicted molar refractivity (Wildman–Crippen MR) is 119 cm³/mol. The van der Waals surface area contributed by atoms with Gasteiger partial charge in [-0.05, 0) is 62.9 Å². The Morgan fingerprint density at radius 3 is 2.59 bits per heavy atom. The van der Waals surface area contributed by atoms with E-state index in [1.807, 2.05) is 31.2 Å². The van der Waals surface area contributed by atoms with Gasteiger partial charge in [0.05, 0.1) is 4.91 Å². The number of aliphatic carboxylic acids is 1. The molecule has 1 saturated heterocycles. The van der Waals surface area contributed by atoms with Gasteiger partial charge in [0.25, 0.3) is 5.91 Å².